The third-order valence-corrected chi connectivity index (χ3v) is 5.99. The van der Waals surface area contributed by atoms with Crippen molar-refractivity contribution in [3.63, 3.8) is 0 Å². The summed E-state index contributed by atoms with van der Waals surface area (Å²) in [5.41, 5.74) is 0.701. The highest BCUT2D eigenvalue weighted by molar-refractivity contribution is 6.08. The van der Waals surface area contributed by atoms with Crippen LogP contribution in [0.3, 0.4) is 0 Å². The summed E-state index contributed by atoms with van der Waals surface area (Å²) < 4.78 is 5.66. The summed E-state index contributed by atoms with van der Waals surface area (Å²) in [4.78, 5) is 25.7. The van der Waals surface area contributed by atoms with Crippen LogP contribution in [0.25, 0.3) is 10.8 Å². The van der Waals surface area contributed by atoms with Gasteiger partial charge in [-0.1, -0.05) is 48.4 Å². The number of carbonyl (C=O) groups excluding carboxylic acids is 2. The van der Waals surface area contributed by atoms with Gasteiger partial charge in [0.1, 0.15) is 12.4 Å². The highest BCUT2D eigenvalue weighted by Gasteiger charge is 2.59. The molecular formula is C23H18N2O3. The molecule has 0 aromatic heterocycles. The van der Waals surface area contributed by atoms with Crippen molar-refractivity contribution in [1.82, 2.24) is 5.01 Å². The first-order chi connectivity index (χ1) is 13.7. The third kappa shape index (κ3) is 2.38. The Morgan fingerprint density at radius 1 is 1.11 bits per heavy atom. The fraction of sp³-hybridized carbons (Fsp3) is 0.261. The molecule has 2 amide bonds. The van der Waals surface area contributed by atoms with Gasteiger partial charge in [-0.15, -0.1) is 6.42 Å². The second-order valence-electron chi connectivity index (χ2n) is 7.42. The van der Waals surface area contributed by atoms with Gasteiger partial charge in [-0.2, -0.15) is 10.1 Å². The summed E-state index contributed by atoms with van der Waals surface area (Å²) in [6.45, 7) is 0.125. The van der Waals surface area contributed by atoms with Crippen LogP contribution in [-0.4, -0.2) is 29.6 Å². The molecule has 2 bridgehead atoms. The van der Waals surface area contributed by atoms with E-state index in [4.69, 9.17) is 11.2 Å². The van der Waals surface area contributed by atoms with Gasteiger partial charge in [-0.3, -0.25) is 9.59 Å². The quantitative estimate of drug-likeness (QED) is 0.360. The van der Waals surface area contributed by atoms with Gasteiger partial charge < -0.3 is 4.74 Å². The van der Waals surface area contributed by atoms with Crippen molar-refractivity contribution < 1.29 is 14.3 Å². The maximum absolute atomic E-state index is 12.8. The molecule has 0 unspecified atom stereocenters. The lowest BCUT2D eigenvalue weighted by Crippen LogP contribution is -2.28. The molecule has 5 rings (SSSR count). The summed E-state index contributed by atoms with van der Waals surface area (Å²) >= 11 is 0. The number of allylic oxidation sites excluding steroid dienone is 2. The molecule has 138 valence electrons. The SMILES string of the molecule is C#CCOc1ccc2ccccc2c1C=NN1C(=O)[C@@H]2[C@H](C1=O)[C@H]1C=C[C@@H]2C1. The molecule has 4 atom stereocenters. The van der Waals surface area contributed by atoms with Gasteiger partial charge in [-0.05, 0) is 35.1 Å². The maximum atomic E-state index is 12.8. The predicted molar refractivity (Wildman–Crippen MR) is 105 cm³/mol. The van der Waals surface area contributed by atoms with Crippen LogP contribution < -0.4 is 4.74 Å². The van der Waals surface area contributed by atoms with Crippen molar-refractivity contribution >= 4 is 28.8 Å². The molecule has 0 spiro atoms. The number of hydrogen-bond donors (Lipinski definition) is 0. The first kappa shape index (κ1) is 16.8. The average molecular weight is 370 g/mol. The second kappa shape index (κ2) is 6.35. The summed E-state index contributed by atoms with van der Waals surface area (Å²) in [6, 6.07) is 11.6. The van der Waals surface area contributed by atoms with Gasteiger partial charge in [0.15, 0.2) is 0 Å². The lowest BCUT2D eigenvalue weighted by molar-refractivity contribution is -0.140. The molecule has 5 nitrogen and oxygen atoms in total. The summed E-state index contributed by atoms with van der Waals surface area (Å²) in [5, 5.41) is 7.28. The topological polar surface area (TPSA) is 59.0 Å². The Morgan fingerprint density at radius 2 is 1.82 bits per heavy atom. The molecule has 0 radical (unpaired) electrons. The van der Waals surface area contributed by atoms with E-state index in [-0.39, 0.29) is 42.1 Å². The molecule has 2 fully saturated rings. The smallest absolute Gasteiger partial charge is 0.254 e. The Balaban J connectivity index is 1.52. The summed E-state index contributed by atoms with van der Waals surface area (Å²) in [7, 11) is 0. The molecule has 1 aliphatic heterocycles. The van der Waals surface area contributed by atoms with Crippen LogP contribution in [0.1, 0.15) is 12.0 Å². The number of nitrogens with zero attached hydrogens (tertiary/aromatic N) is 2. The van der Waals surface area contributed by atoms with Gasteiger partial charge in [0, 0.05) is 5.56 Å². The van der Waals surface area contributed by atoms with Gasteiger partial charge >= 0.3 is 0 Å². The van der Waals surface area contributed by atoms with Crippen LogP contribution >= 0.6 is 0 Å². The zero-order valence-corrected chi connectivity index (χ0v) is 15.1. The zero-order valence-electron chi connectivity index (χ0n) is 15.1. The van der Waals surface area contributed by atoms with Gasteiger partial charge in [0.25, 0.3) is 11.8 Å². The molecule has 2 aromatic rings. The van der Waals surface area contributed by atoms with E-state index in [1.165, 1.54) is 0 Å². The Bertz CT molecular complexity index is 1060. The van der Waals surface area contributed by atoms with Gasteiger partial charge in [0.05, 0.1) is 18.1 Å². The largest absolute Gasteiger partial charge is 0.480 e. The molecule has 1 saturated carbocycles. The van der Waals surface area contributed by atoms with Crippen LogP contribution in [0, 0.1) is 36.0 Å². The van der Waals surface area contributed by atoms with Crippen molar-refractivity contribution in [1.29, 1.82) is 0 Å². The number of terminal acetylenes is 1. The average Bonchev–Trinajstić information content (AvgIpc) is 3.39. The Morgan fingerprint density at radius 3 is 2.54 bits per heavy atom. The number of imide groups is 1. The number of ether oxygens (including phenoxy) is 1. The van der Waals surface area contributed by atoms with Gasteiger partial charge in [-0.25, -0.2) is 0 Å². The Hall–Kier alpha value is -3.39. The minimum Gasteiger partial charge on any atom is -0.480 e. The molecule has 28 heavy (non-hydrogen) atoms. The molecule has 2 aliphatic carbocycles. The molecule has 1 saturated heterocycles. The highest BCUT2D eigenvalue weighted by Crippen LogP contribution is 2.52. The second-order valence-corrected chi connectivity index (χ2v) is 7.42. The van der Waals surface area contributed by atoms with E-state index >= 15 is 0 Å². The van der Waals surface area contributed by atoms with E-state index in [1.54, 1.807) is 6.21 Å². The molecule has 2 aromatic carbocycles. The van der Waals surface area contributed by atoms with Crippen molar-refractivity contribution in [3.8, 4) is 18.1 Å². The lowest BCUT2D eigenvalue weighted by atomic mass is 9.85. The third-order valence-electron chi connectivity index (χ3n) is 5.99. The van der Waals surface area contributed by atoms with Crippen molar-refractivity contribution in [2.75, 3.05) is 6.61 Å². The van der Waals surface area contributed by atoms with Crippen molar-refractivity contribution in [3.05, 3.63) is 54.1 Å². The lowest BCUT2D eigenvalue weighted by Gasteiger charge is -2.13. The predicted octanol–water partition coefficient (Wildman–Crippen LogP) is 2.99. The van der Waals surface area contributed by atoms with Gasteiger partial charge in [0.2, 0.25) is 0 Å². The Kier molecular flexibility index (Phi) is 3.80. The van der Waals surface area contributed by atoms with Crippen LogP contribution in [0.15, 0.2) is 53.7 Å². The van der Waals surface area contributed by atoms with E-state index in [0.29, 0.717) is 11.3 Å². The monoisotopic (exact) mass is 370 g/mol. The number of hydrogen-bond acceptors (Lipinski definition) is 4. The molecule has 3 aliphatic rings. The minimum absolute atomic E-state index is 0.125. The first-order valence-corrected chi connectivity index (χ1v) is 9.37. The first-order valence-electron chi connectivity index (χ1n) is 9.37. The normalized spacial score (nSPS) is 27.8. The Labute approximate surface area is 162 Å². The number of rotatable bonds is 4. The van der Waals surface area contributed by atoms with Crippen LogP contribution in [0.2, 0.25) is 0 Å². The number of carbonyl (C=O) groups is 2. The zero-order chi connectivity index (χ0) is 19.3. The number of benzene rings is 2. The minimum atomic E-state index is -0.260. The summed E-state index contributed by atoms with van der Waals surface area (Å²) in [5.74, 6) is 2.44. The molecule has 5 heteroatoms. The standard InChI is InChI=1S/C23H18N2O3/c1-2-11-28-19-10-9-14-5-3-4-6-17(14)18(19)13-24-25-22(26)20-15-7-8-16(12-15)21(20)23(25)27/h1,3-10,13,15-16,20-21H,11-12H2/t15-,16+,20+,21-. The van der Waals surface area contributed by atoms with E-state index < -0.39 is 0 Å². The molecule has 0 N–H and O–H groups in total. The molecule has 1 heterocycles. The fourth-order valence-corrected chi connectivity index (χ4v) is 4.77. The highest BCUT2D eigenvalue weighted by atomic mass is 16.5. The number of amides is 2. The van der Waals surface area contributed by atoms with E-state index in [1.807, 2.05) is 36.4 Å². The van der Waals surface area contributed by atoms with E-state index in [9.17, 15) is 9.59 Å². The van der Waals surface area contributed by atoms with E-state index in [2.05, 4.69) is 23.2 Å². The number of hydrazone groups is 1. The number of fused-ring (bicyclic) bond motifs is 6. The van der Waals surface area contributed by atoms with Crippen LogP contribution in [0.5, 0.6) is 5.75 Å². The maximum Gasteiger partial charge on any atom is 0.254 e. The summed E-state index contributed by atoms with van der Waals surface area (Å²) in [6.07, 6.45) is 11.9. The van der Waals surface area contributed by atoms with E-state index in [0.717, 1.165) is 22.2 Å². The fourth-order valence-electron chi connectivity index (χ4n) is 4.77. The van der Waals surface area contributed by atoms with Crippen molar-refractivity contribution in [2.24, 2.45) is 28.8 Å². The van der Waals surface area contributed by atoms with Crippen molar-refractivity contribution in [2.45, 2.75) is 6.42 Å². The van der Waals surface area contributed by atoms with Crippen LogP contribution in [0.4, 0.5) is 0 Å². The van der Waals surface area contributed by atoms with Crippen LogP contribution in [-0.2, 0) is 9.59 Å². The molecular weight excluding hydrogens is 352 g/mol.